The van der Waals surface area contributed by atoms with Crippen LogP contribution >= 0.6 is 35.1 Å². The minimum atomic E-state index is -0.135. The number of carbonyl (C=O) groups excluding carboxylic acids is 1. The number of alkyl halides is 1. The van der Waals surface area contributed by atoms with E-state index in [1.54, 1.807) is 11.8 Å². The van der Waals surface area contributed by atoms with E-state index in [4.69, 9.17) is 21.1 Å². The quantitative estimate of drug-likeness (QED) is 0.459. The van der Waals surface area contributed by atoms with Crippen molar-refractivity contribution in [3.8, 4) is 0 Å². The van der Waals surface area contributed by atoms with E-state index >= 15 is 0 Å². The van der Waals surface area contributed by atoms with Crippen molar-refractivity contribution in [3.05, 3.63) is 36.1 Å². The lowest BCUT2D eigenvalue weighted by Crippen LogP contribution is -2.69. The first-order valence-electron chi connectivity index (χ1n) is 13.6. The Hall–Kier alpha value is -0.940. The van der Waals surface area contributed by atoms with Gasteiger partial charge < -0.3 is 14.4 Å². The third kappa shape index (κ3) is 5.42. The lowest BCUT2D eigenvalue weighted by atomic mass is 9.92. The highest BCUT2D eigenvalue weighted by atomic mass is 35.5. The van der Waals surface area contributed by atoms with Gasteiger partial charge in [-0.15, -0.1) is 35.1 Å². The van der Waals surface area contributed by atoms with Gasteiger partial charge in [-0.1, -0.05) is 19.1 Å². The van der Waals surface area contributed by atoms with Crippen molar-refractivity contribution < 1.29 is 14.3 Å². The summed E-state index contributed by atoms with van der Waals surface area (Å²) in [7, 11) is 0. The Labute approximate surface area is 233 Å². The van der Waals surface area contributed by atoms with E-state index < -0.39 is 0 Å². The van der Waals surface area contributed by atoms with Crippen LogP contribution in [0.25, 0.3) is 0 Å². The number of para-hydroxylation sites is 1. The molecule has 9 atom stereocenters. The Kier molecular flexibility index (Phi) is 8.01. The molecule has 4 aliphatic heterocycles. The van der Waals surface area contributed by atoms with Gasteiger partial charge in [-0.05, 0) is 56.7 Å². The van der Waals surface area contributed by atoms with Crippen molar-refractivity contribution in [1.82, 2.24) is 16.2 Å². The molecule has 5 aliphatic rings. The molecule has 1 aromatic rings. The number of thioether (sulfide) groups is 2. The first-order valence-corrected chi connectivity index (χ1v) is 15.9. The van der Waals surface area contributed by atoms with Crippen LogP contribution in [0.1, 0.15) is 46.0 Å². The number of amides is 1. The molecule has 7 unspecified atom stereocenters. The average Bonchev–Trinajstić information content (AvgIpc) is 3.56. The van der Waals surface area contributed by atoms with Gasteiger partial charge in [0.05, 0.1) is 48.4 Å². The van der Waals surface area contributed by atoms with E-state index in [-0.39, 0.29) is 47.1 Å². The Bertz CT molecular complexity index is 1020. The van der Waals surface area contributed by atoms with Crippen LogP contribution in [-0.2, 0) is 14.3 Å². The van der Waals surface area contributed by atoms with Gasteiger partial charge in [0, 0.05) is 21.9 Å². The molecule has 6 rings (SSSR count). The molecule has 0 radical (unpaired) electrons. The zero-order valence-corrected chi connectivity index (χ0v) is 23.8. The van der Waals surface area contributed by atoms with E-state index in [1.165, 1.54) is 4.90 Å². The van der Waals surface area contributed by atoms with E-state index in [1.807, 2.05) is 22.7 Å². The molecule has 1 saturated carbocycles. The number of ether oxygens (including phenoxy) is 2. The van der Waals surface area contributed by atoms with Crippen LogP contribution in [0.5, 0.6) is 0 Å². The zero-order valence-electron chi connectivity index (χ0n) is 21.4. The van der Waals surface area contributed by atoms with Gasteiger partial charge in [-0.3, -0.25) is 10.1 Å². The predicted octanol–water partition coefficient (Wildman–Crippen LogP) is 4.22. The van der Waals surface area contributed by atoms with Gasteiger partial charge >= 0.3 is 0 Å². The first-order chi connectivity index (χ1) is 18.0. The third-order valence-electron chi connectivity index (χ3n) is 8.37. The van der Waals surface area contributed by atoms with Crippen LogP contribution in [0, 0.1) is 5.92 Å². The number of benzene rings is 1. The summed E-state index contributed by atoms with van der Waals surface area (Å²) in [4.78, 5) is 17.0. The van der Waals surface area contributed by atoms with Crippen molar-refractivity contribution in [2.45, 2.75) is 97.3 Å². The predicted molar refractivity (Wildman–Crippen MR) is 151 cm³/mol. The molecule has 4 heterocycles. The molecule has 0 spiro atoms. The molecule has 1 amide bonds. The van der Waals surface area contributed by atoms with Crippen LogP contribution < -0.4 is 21.1 Å². The van der Waals surface area contributed by atoms with Crippen molar-refractivity contribution in [2.75, 3.05) is 17.3 Å². The molecule has 2 saturated heterocycles. The largest absolute Gasteiger partial charge is 0.496 e. The van der Waals surface area contributed by atoms with Gasteiger partial charge in [0.25, 0.3) is 0 Å². The van der Waals surface area contributed by atoms with Crippen LogP contribution in [0.2, 0.25) is 0 Å². The summed E-state index contributed by atoms with van der Waals surface area (Å²) >= 11 is 10.1. The Balaban J connectivity index is 1.14. The van der Waals surface area contributed by atoms with Gasteiger partial charge in [0.15, 0.2) is 0 Å². The third-order valence-corrected chi connectivity index (χ3v) is 11.2. The Morgan fingerprint density at radius 3 is 2.86 bits per heavy atom. The molecule has 202 valence electrons. The number of hydrogen-bond acceptors (Lipinski definition) is 8. The fraction of sp³-hybridized carbons (Fsp3) is 0.667. The van der Waals surface area contributed by atoms with Crippen molar-refractivity contribution in [1.29, 1.82) is 0 Å². The van der Waals surface area contributed by atoms with Crippen LogP contribution in [-0.4, -0.2) is 64.7 Å². The first kappa shape index (κ1) is 26.3. The van der Waals surface area contributed by atoms with E-state index in [0.717, 1.165) is 50.2 Å². The molecule has 1 aromatic carbocycles. The highest BCUT2D eigenvalue weighted by molar-refractivity contribution is 8.00. The number of nitrogens with one attached hydrogen (secondary N) is 3. The van der Waals surface area contributed by atoms with Crippen LogP contribution in [0.4, 0.5) is 5.69 Å². The number of carbonyl (C=O) groups is 1. The standard InChI is InChI=1S/C27H37ClN4O3S2/c1-15-12-21(35-16(15)2)26-25(20-7-5-11-34-20)29-27(31-30-26)36-14-24(33)32-18-6-3-4-8-22(18)37-23-10-9-17(28)13-19(23)32/h3-4,6-8,15-17,19,21,23,25-27,29-31H,5,9-14H2,1-2H3/t15-,16-,17?,19?,21?,23?,25?,26?,27?/m1/s1. The van der Waals surface area contributed by atoms with Gasteiger partial charge in [0.1, 0.15) is 11.3 Å². The number of halogens is 1. The molecule has 7 nitrogen and oxygen atoms in total. The molecular weight excluding hydrogens is 528 g/mol. The summed E-state index contributed by atoms with van der Waals surface area (Å²) in [5.74, 6) is 2.01. The highest BCUT2D eigenvalue weighted by Gasteiger charge is 2.45. The zero-order chi connectivity index (χ0) is 25.5. The summed E-state index contributed by atoms with van der Waals surface area (Å²) in [5.41, 5.74) is 7.83. The van der Waals surface area contributed by atoms with Gasteiger partial charge in [0.2, 0.25) is 5.91 Å². The second kappa shape index (κ2) is 11.3. The SMILES string of the molecule is C[C@@H]1CC(C2NNC(SCC(=O)N3c4ccccc4SC4CCC(Cl)CC43)NC2C2=CCCO2)O[C@@H]1C. The fourth-order valence-corrected chi connectivity index (χ4v) is 8.81. The lowest BCUT2D eigenvalue weighted by molar-refractivity contribution is -0.116. The van der Waals surface area contributed by atoms with Gasteiger partial charge in [-0.25, -0.2) is 10.9 Å². The molecule has 37 heavy (non-hydrogen) atoms. The Morgan fingerprint density at radius 2 is 2.08 bits per heavy atom. The highest BCUT2D eigenvalue weighted by Crippen LogP contribution is 2.47. The maximum atomic E-state index is 13.8. The van der Waals surface area contributed by atoms with E-state index in [2.05, 4.69) is 54.3 Å². The Morgan fingerprint density at radius 1 is 1.22 bits per heavy atom. The number of anilines is 1. The van der Waals surface area contributed by atoms with Crippen molar-refractivity contribution in [2.24, 2.45) is 5.92 Å². The second-order valence-electron chi connectivity index (χ2n) is 10.9. The summed E-state index contributed by atoms with van der Waals surface area (Å²) in [5, 5.41) is 4.24. The minimum absolute atomic E-state index is 0.00861. The van der Waals surface area contributed by atoms with Crippen LogP contribution in [0.15, 0.2) is 41.0 Å². The summed E-state index contributed by atoms with van der Waals surface area (Å²) in [6, 6.07) is 8.49. The van der Waals surface area contributed by atoms with Gasteiger partial charge in [-0.2, -0.15) is 0 Å². The van der Waals surface area contributed by atoms with E-state index in [0.29, 0.717) is 16.9 Å². The maximum Gasteiger partial charge on any atom is 0.237 e. The fourth-order valence-electron chi connectivity index (χ4n) is 6.25. The molecule has 10 heteroatoms. The number of nitrogens with zero attached hydrogens (tertiary/aromatic N) is 1. The summed E-state index contributed by atoms with van der Waals surface area (Å²) < 4.78 is 12.3. The molecule has 0 aromatic heterocycles. The van der Waals surface area contributed by atoms with Crippen molar-refractivity contribution in [3.63, 3.8) is 0 Å². The maximum absolute atomic E-state index is 13.8. The normalized spacial score (nSPS) is 39.5. The number of fused-ring (bicyclic) bond motifs is 2. The monoisotopic (exact) mass is 564 g/mol. The average molecular weight is 565 g/mol. The number of hydrazine groups is 1. The second-order valence-corrected chi connectivity index (χ2v) is 13.8. The summed E-state index contributed by atoms with van der Waals surface area (Å²) in [6.45, 7) is 5.12. The smallest absolute Gasteiger partial charge is 0.237 e. The topological polar surface area (TPSA) is 74.9 Å². The minimum Gasteiger partial charge on any atom is -0.496 e. The lowest BCUT2D eigenvalue weighted by Gasteiger charge is -2.45. The molecule has 3 fully saturated rings. The number of rotatable bonds is 5. The molecule has 1 aliphatic carbocycles. The summed E-state index contributed by atoms with van der Waals surface area (Å²) in [6.07, 6.45) is 7.37. The molecule has 3 N–H and O–H groups in total. The van der Waals surface area contributed by atoms with Crippen LogP contribution in [0.3, 0.4) is 0 Å². The van der Waals surface area contributed by atoms with E-state index in [9.17, 15) is 4.79 Å². The number of hydrogen-bond donors (Lipinski definition) is 3. The molecule has 0 bridgehead atoms. The molecular formula is C27H37ClN4O3S2. The van der Waals surface area contributed by atoms with Crippen molar-refractivity contribution >= 4 is 46.7 Å².